The first kappa shape index (κ1) is 26.8. The largest absolute Gasteiger partial charge is 0.489 e. The van der Waals surface area contributed by atoms with E-state index in [0.29, 0.717) is 40.4 Å². The van der Waals surface area contributed by atoms with E-state index < -0.39 is 6.23 Å². The van der Waals surface area contributed by atoms with Crippen LogP contribution in [0.3, 0.4) is 0 Å². The number of imidazole rings is 1. The Labute approximate surface area is 221 Å². The summed E-state index contributed by atoms with van der Waals surface area (Å²) in [6, 6.07) is 16.7. The zero-order valence-electron chi connectivity index (χ0n) is 21.2. The van der Waals surface area contributed by atoms with Crippen LogP contribution in [-0.4, -0.2) is 44.1 Å². The van der Waals surface area contributed by atoms with Crippen LogP contribution in [0.1, 0.15) is 54.9 Å². The van der Waals surface area contributed by atoms with Gasteiger partial charge in [-0.1, -0.05) is 41.9 Å². The second-order valence-electron chi connectivity index (χ2n) is 9.37. The third-order valence-electron chi connectivity index (χ3n) is 6.10. The number of aliphatic hydroxyl groups is 2. The van der Waals surface area contributed by atoms with Crippen molar-refractivity contribution in [3.05, 3.63) is 88.7 Å². The van der Waals surface area contributed by atoms with Crippen LogP contribution in [-0.2, 0) is 6.42 Å². The predicted molar refractivity (Wildman–Crippen MR) is 145 cm³/mol. The summed E-state index contributed by atoms with van der Waals surface area (Å²) in [5, 5.41) is 24.0. The molecule has 4 aromatic rings. The van der Waals surface area contributed by atoms with Crippen molar-refractivity contribution in [1.29, 1.82) is 0 Å². The van der Waals surface area contributed by atoms with Gasteiger partial charge in [-0.05, 0) is 69.0 Å². The monoisotopic (exact) mass is 521 g/mol. The summed E-state index contributed by atoms with van der Waals surface area (Å²) in [6.07, 6.45) is 3.92. The number of hydrogen-bond acceptors (Lipinski definition) is 6. The molecule has 0 bridgehead atoms. The van der Waals surface area contributed by atoms with Crippen LogP contribution in [0.2, 0.25) is 5.02 Å². The van der Waals surface area contributed by atoms with Crippen LogP contribution in [0.5, 0.6) is 5.75 Å². The highest BCUT2D eigenvalue weighted by molar-refractivity contribution is 6.32. The molecular weight excluding hydrogens is 490 g/mol. The first-order chi connectivity index (χ1) is 17.7. The highest BCUT2D eigenvalue weighted by Gasteiger charge is 2.17. The first-order valence-corrected chi connectivity index (χ1v) is 12.7. The van der Waals surface area contributed by atoms with Crippen molar-refractivity contribution < 1.29 is 19.7 Å². The lowest BCUT2D eigenvalue weighted by molar-refractivity contribution is 0.101. The number of aliphatic hydroxyl groups excluding tert-OH is 2. The molecule has 4 rings (SSSR count). The van der Waals surface area contributed by atoms with E-state index in [1.807, 2.05) is 61.0 Å². The molecule has 2 aromatic carbocycles. The van der Waals surface area contributed by atoms with Crippen LogP contribution in [0.4, 0.5) is 0 Å². The summed E-state index contributed by atoms with van der Waals surface area (Å²) in [7, 11) is 0. The molecule has 8 heteroatoms. The predicted octanol–water partition coefficient (Wildman–Crippen LogP) is 5.22. The van der Waals surface area contributed by atoms with Crippen molar-refractivity contribution >= 4 is 23.0 Å². The Balaban J connectivity index is 1.46. The number of Topliss-reactive ketones (excluding diaryl/α,β-unsaturated/α-hetero) is 1. The SMILES string of the molecule is CC(=O)c1cccn2cc(-c3ccc(C[C@@H](CCO)NC(O)c4ccc(OC(C)C)c(Cl)c4)cc3)nc12. The number of benzene rings is 2. The Morgan fingerprint density at radius 1 is 1.16 bits per heavy atom. The lowest BCUT2D eigenvalue weighted by atomic mass is 10.0. The Kier molecular flexibility index (Phi) is 8.61. The molecule has 0 spiro atoms. The number of ketones is 1. The lowest BCUT2D eigenvalue weighted by Gasteiger charge is -2.23. The number of carbonyl (C=O) groups is 1. The van der Waals surface area contributed by atoms with Gasteiger partial charge < -0.3 is 19.4 Å². The zero-order chi connectivity index (χ0) is 26.5. The number of halogens is 1. The molecule has 2 atom stereocenters. The fraction of sp³-hybridized carbons (Fsp3) is 0.310. The number of rotatable bonds is 11. The molecule has 2 heterocycles. The van der Waals surface area contributed by atoms with E-state index in [-0.39, 0.29) is 24.5 Å². The van der Waals surface area contributed by atoms with E-state index in [1.165, 1.54) is 6.92 Å². The number of hydrogen-bond donors (Lipinski definition) is 3. The number of pyridine rings is 1. The van der Waals surface area contributed by atoms with Crippen molar-refractivity contribution in [3.8, 4) is 17.0 Å². The molecular formula is C29H32ClN3O4. The molecule has 0 fully saturated rings. The van der Waals surface area contributed by atoms with Crippen molar-refractivity contribution in [3.63, 3.8) is 0 Å². The third kappa shape index (κ3) is 6.56. The van der Waals surface area contributed by atoms with Crippen LogP contribution in [0, 0.1) is 0 Å². The Morgan fingerprint density at radius 2 is 1.92 bits per heavy atom. The average Bonchev–Trinajstić information content (AvgIpc) is 3.30. The number of nitrogens with zero attached hydrogens (tertiary/aromatic N) is 2. The Morgan fingerprint density at radius 3 is 2.57 bits per heavy atom. The molecule has 1 unspecified atom stereocenters. The summed E-state index contributed by atoms with van der Waals surface area (Å²) < 4.78 is 7.52. The minimum Gasteiger partial charge on any atom is -0.489 e. The van der Waals surface area contributed by atoms with Gasteiger partial charge in [0, 0.05) is 30.6 Å². The molecule has 0 amide bonds. The normalized spacial score (nSPS) is 13.2. The van der Waals surface area contributed by atoms with E-state index in [0.717, 1.165) is 16.8 Å². The first-order valence-electron chi connectivity index (χ1n) is 12.3. The molecule has 0 saturated carbocycles. The summed E-state index contributed by atoms with van der Waals surface area (Å²) in [4.78, 5) is 16.6. The van der Waals surface area contributed by atoms with Crippen molar-refractivity contribution in [2.45, 2.75) is 52.0 Å². The molecule has 194 valence electrons. The van der Waals surface area contributed by atoms with E-state index >= 15 is 0 Å². The number of carbonyl (C=O) groups excluding carboxylic acids is 1. The maximum Gasteiger partial charge on any atom is 0.163 e. The molecule has 7 nitrogen and oxygen atoms in total. The van der Waals surface area contributed by atoms with Gasteiger partial charge in [0.25, 0.3) is 0 Å². The van der Waals surface area contributed by atoms with Crippen molar-refractivity contribution in [2.75, 3.05) is 6.61 Å². The van der Waals surface area contributed by atoms with Crippen LogP contribution < -0.4 is 10.1 Å². The minimum absolute atomic E-state index is 0.00237. The number of nitrogens with one attached hydrogen (secondary N) is 1. The van der Waals surface area contributed by atoms with Crippen molar-refractivity contribution in [1.82, 2.24) is 14.7 Å². The minimum atomic E-state index is -0.949. The third-order valence-corrected chi connectivity index (χ3v) is 6.39. The summed E-state index contributed by atoms with van der Waals surface area (Å²) in [5.41, 5.74) is 4.61. The summed E-state index contributed by atoms with van der Waals surface area (Å²) in [6.45, 7) is 5.38. The van der Waals surface area contributed by atoms with Gasteiger partial charge in [0.05, 0.1) is 22.4 Å². The molecule has 0 aliphatic heterocycles. The van der Waals surface area contributed by atoms with Crippen LogP contribution in [0.15, 0.2) is 67.0 Å². The zero-order valence-corrected chi connectivity index (χ0v) is 21.9. The molecule has 2 aromatic heterocycles. The molecule has 0 aliphatic carbocycles. The van der Waals surface area contributed by atoms with Gasteiger partial charge in [-0.2, -0.15) is 0 Å². The van der Waals surface area contributed by atoms with Crippen molar-refractivity contribution in [2.24, 2.45) is 0 Å². The smallest absolute Gasteiger partial charge is 0.163 e. The number of fused-ring (bicyclic) bond motifs is 1. The van der Waals surface area contributed by atoms with Crippen LogP contribution in [0.25, 0.3) is 16.9 Å². The second kappa shape index (κ2) is 11.9. The van der Waals surface area contributed by atoms with Gasteiger partial charge >= 0.3 is 0 Å². The van der Waals surface area contributed by atoms with E-state index in [9.17, 15) is 15.0 Å². The van der Waals surface area contributed by atoms with Gasteiger partial charge in [0.1, 0.15) is 17.6 Å². The Hall–Kier alpha value is -3.23. The molecule has 3 N–H and O–H groups in total. The van der Waals surface area contributed by atoms with Gasteiger partial charge in [0.15, 0.2) is 5.78 Å². The van der Waals surface area contributed by atoms with E-state index in [4.69, 9.17) is 16.3 Å². The fourth-order valence-corrected chi connectivity index (χ4v) is 4.51. The maximum absolute atomic E-state index is 11.9. The fourth-order valence-electron chi connectivity index (χ4n) is 4.28. The lowest BCUT2D eigenvalue weighted by Crippen LogP contribution is -2.35. The molecule has 0 radical (unpaired) electrons. The standard InChI is InChI=1S/C29H32ClN3O4/c1-18(2)37-27-11-10-22(16-25(27)30)29(36)31-23(12-14-34)15-20-6-8-21(9-7-20)26-17-33-13-4-5-24(19(3)35)28(33)32-26/h4-11,13,16-18,23,29,31,34,36H,12,14-15H2,1-3H3/t23-,29?/m1/s1. The van der Waals surface area contributed by atoms with Gasteiger partial charge in [0.2, 0.25) is 0 Å². The summed E-state index contributed by atoms with van der Waals surface area (Å²) in [5.74, 6) is 0.549. The number of aromatic nitrogens is 2. The van der Waals surface area contributed by atoms with Gasteiger partial charge in [-0.25, -0.2) is 4.98 Å². The van der Waals surface area contributed by atoms with E-state index in [2.05, 4.69) is 10.3 Å². The van der Waals surface area contributed by atoms with Gasteiger partial charge in [-0.3, -0.25) is 10.1 Å². The quantitative estimate of drug-likeness (QED) is 0.185. The highest BCUT2D eigenvalue weighted by Crippen LogP contribution is 2.29. The highest BCUT2D eigenvalue weighted by atomic mass is 35.5. The van der Waals surface area contributed by atoms with E-state index in [1.54, 1.807) is 24.3 Å². The average molecular weight is 522 g/mol. The second-order valence-corrected chi connectivity index (χ2v) is 9.78. The molecule has 0 saturated heterocycles. The van der Waals surface area contributed by atoms with Crippen LogP contribution >= 0.6 is 11.6 Å². The summed E-state index contributed by atoms with van der Waals surface area (Å²) >= 11 is 6.33. The molecule has 0 aliphatic rings. The Bertz CT molecular complexity index is 1370. The van der Waals surface area contributed by atoms with Gasteiger partial charge in [-0.15, -0.1) is 0 Å². The maximum atomic E-state index is 11.9. The number of ether oxygens (including phenoxy) is 1. The molecule has 37 heavy (non-hydrogen) atoms. The topological polar surface area (TPSA) is 96.1 Å².